The van der Waals surface area contributed by atoms with Gasteiger partial charge in [-0.3, -0.25) is 0 Å². The van der Waals surface area contributed by atoms with E-state index in [4.69, 9.17) is 15.1 Å². The van der Waals surface area contributed by atoms with E-state index in [-0.39, 0.29) is 52.4 Å². The van der Waals surface area contributed by atoms with Gasteiger partial charge in [0.2, 0.25) is 5.88 Å². The van der Waals surface area contributed by atoms with E-state index < -0.39 is 23.4 Å². The molecule has 3 aromatic carbocycles. The standard InChI is InChI=1S/C28H16F4N4O3.C4H8.CH4O/c29-20-8-15(13-33)4-5-17(20)14-38-27-3-1-2-23(36-27)19-12-21(30)18(9-22(19)31)11-26-34-24-7-6-16(28(37)39-32)10-25(24)35-26;1-2-4-3-1;1-2/h1-10,12H,11,14H2,(H,34,35);1-4H2;2H,1H3. The van der Waals surface area contributed by atoms with Crippen LogP contribution in [-0.2, 0) is 18.0 Å². The smallest absolute Gasteiger partial charge is 0.379 e. The Morgan fingerprint density at radius 2 is 1.64 bits per heavy atom. The first kappa shape index (κ1) is 32.6. The van der Waals surface area contributed by atoms with Gasteiger partial charge in [-0.05, 0) is 54.1 Å². The number of rotatable bonds is 7. The van der Waals surface area contributed by atoms with Crippen molar-refractivity contribution in [2.75, 3.05) is 7.11 Å². The zero-order chi connectivity index (χ0) is 32.3. The van der Waals surface area contributed by atoms with Crippen molar-refractivity contribution in [2.24, 2.45) is 0 Å². The third kappa shape index (κ3) is 8.21. The zero-order valence-corrected chi connectivity index (χ0v) is 24.1. The van der Waals surface area contributed by atoms with E-state index >= 15 is 8.78 Å². The van der Waals surface area contributed by atoms with Gasteiger partial charge in [0, 0.05) is 35.3 Å². The molecule has 232 valence electrons. The molecule has 2 heterocycles. The summed E-state index contributed by atoms with van der Waals surface area (Å²) in [5.74, 6) is -2.86. The molecule has 45 heavy (non-hydrogen) atoms. The molecule has 6 rings (SSSR count). The number of benzene rings is 3. The SMILES string of the molecule is C1CCC1.CO.N#Cc1ccc(COc2cccc(-c3cc(F)c(Cc4nc5ccc(C(=O)OF)cc5[nH]4)cc3F)n2)c(F)c1. The summed E-state index contributed by atoms with van der Waals surface area (Å²) in [7, 11) is 1.00. The maximum Gasteiger partial charge on any atom is 0.379 e. The molecule has 0 bridgehead atoms. The van der Waals surface area contributed by atoms with Crippen molar-refractivity contribution in [1.29, 1.82) is 5.26 Å². The molecule has 0 atom stereocenters. The molecule has 0 amide bonds. The lowest BCUT2D eigenvalue weighted by Gasteiger charge is -2.10. The highest BCUT2D eigenvalue weighted by Gasteiger charge is 2.16. The topological polar surface area (TPSA) is 121 Å². The fourth-order valence-corrected chi connectivity index (χ4v) is 4.20. The van der Waals surface area contributed by atoms with Gasteiger partial charge in [-0.15, -0.1) is 0 Å². The summed E-state index contributed by atoms with van der Waals surface area (Å²) in [6.45, 7) is -0.183. The molecule has 8 nitrogen and oxygen atoms in total. The molecule has 0 spiro atoms. The molecular formula is C33H28F4N4O4. The van der Waals surface area contributed by atoms with E-state index in [1.807, 2.05) is 6.07 Å². The number of aliphatic hydroxyl groups is 1. The number of pyridine rings is 1. The Labute approximate surface area is 255 Å². The molecular weight excluding hydrogens is 592 g/mol. The Hall–Kier alpha value is -5.28. The van der Waals surface area contributed by atoms with E-state index in [1.54, 1.807) is 6.07 Å². The first-order valence-electron chi connectivity index (χ1n) is 13.9. The largest absolute Gasteiger partial charge is 0.473 e. The summed E-state index contributed by atoms with van der Waals surface area (Å²) >= 11 is 0. The van der Waals surface area contributed by atoms with Gasteiger partial charge in [0.1, 0.15) is 29.9 Å². The average molecular weight is 621 g/mol. The molecule has 1 fully saturated rings. The fraction of sp³-hybridized carbons (Fsp3) is 0.212. The number of nitriles is 1. The van der Waals surface area contributed by atoms with Gasteiger partial charge in [0.15, 0.2) is 0 Å². The van der Waals surface area contributed by atoms with Crippen LogP contribution in [0, 0.1) is 28.8 Å². The summed E-state index contributed by atoms with van der Waals surface area (Å²) in [6.07, 6.45) is 5.91. The first-order chi connectivity index (χ1) is 21.8. The van der Waals surface area contributed by atoms with Crippen LogP contribution in [0.5, 0.6) is 5.88 Å². The minimum atomic E-state index is -1.17. The van der Waals surface area contributed by atoms with Crippen LogP contribution in [0.4, 0.5) is 17.7 Å². The van der Waals surface area contributed by atoms with Gasteiger partial charge in [-0.1, -0.05) is 37.8 Å². The van der Waals surface area contributed by atoms with E-state index in [9.17, 15) is 13.7 Å². The lowest BCUT2D eigenvalue weighted by atomic mass is 10.0. The van der Waals surface area contributed by atoms with Crippen LogP contribution in [0.1, 0.15) is 58.6 Å². The second kappa shape index (κ2) is 15.4. The number of nitrogens with zero attached hydrogens (tertiary/aromatic N) is 3. The molecule has 1 saturated carbocycles. The van der Waals surface area contributed by atoms with Crippen LogP contribution in [0.3, 0.4) is 0 Å². The molecule has 1 aliphatic carbocycles. The van der Waals surface area contributed by atoms with Crippen LogP contribution >= 0.6 is 0 Å². The second-order valence-corrected chi connectivity index (χ2v) is 9.86. The molecule has 0 aliphatic heterocycles. The molecule has 1 aliphatic rings. The third-order valence-electron chi connectivity index (χ3n) is 6.89. The number of carbonyl (C=O) groups excluding carboxylic acids is 1. The van der Waals surface area contributed by atoms with E-state index in [0.717, 1.165) is 25.3 Å². The molecule has 5 aromatic rings. The number of fused-ring (bicyclic) bond motifs is 1. The Balaban J connectivity index is 0.000000700. The number of hydrogen-bond acceptors (Lipinski definition) is 7. The number of nitrogens with one attached hydrogen (secondary N) is 1. The van der Waals surface area contributed by atoms with Crippen molar-refractivity contribution in [3.05, 3.63) is 112 Å². The first-order valence-corrected chi connectivity index (χ1v) is 13.9. The Morgan fingerprint density at radius 1 is 0.911 bits per heavy atom. The number of imidazole rings is 1. The van der Waals surface area contributed by atoms with E-state index in [0.29, 0.717) is 16.9 Å². The lowest BCUT2D eigenvalue weighted by Crippen LogP contribution is -2.02. The number of H-pyrrole nitrogens is 1. The quantitative estimate of drug-likeness (QED) is 0.183. The van der Waals surface area contributed by atoms with Crippen LogP contribution in [0.2, 0.25) is 0 Å². The molecule has 2 aromatic heterocycles. The summed E-state index contributed by atoms with van der Waals surface area (Å²) in [5, 5.41) is 15.9. The summed E-state index contributed by atoms with van der Waals surface area (Å²) in [4.78, 5) is 26.0. The monoisotopic (exact) mass is 620 g/mol. The van der Waals surface area contributed by atoms with Crippen molar-refractivity contribution < 1.29 is 37.3 Å². The Morgan fingerprint density at radius 3 is 2.31 bits per heavy atom. The number of aromatic nitrogens is 3. The van der Waals surface area contributed by atoms with Crippen molar-refractivity contribution >= 4 is 17.0 Å². The normalized spacial score (nSPS) is 11.7. The van der Waals surface area contributed by atoms with Gasteiger partial charge >= 0.3 is 5.97 Å². The third-order valence-corrected chi connectivity index (χ3v) is 6.89. The summed E-state index contributed by atoms with van der Waals surface area (Å²) in [5.41, 5.74) is 1.19. The van der Waals surface area contributed by atoms with Gasteiger partial charge in [0.25, 0.3) is 0 Å². The number of halogens is 4. The minimum absolute atomic E-state index is 0.0161. The number of carbonyl (C=O) groups is 1. The highest BCUT2D eigenvalue weighted by atomic mass is 19.3. The lowest BCUT2D eigenvalue weighted by molar-refractivity contribution is -0.0787. The van der Waals surface area contributed by atoms with Gasteiger partial charge in [0.05, 0.1) is 33.9 Å². The second-order valence-electron chi connectivity index (χ2n) is 9.86. The summed E-state index contributed by atoms with van der Waals surface area (Å²) < 4.78 is 61.9. The number of aromatic amines is 1. The minimum Gasteiger partial charge on any atom is -0.473 e. The van der Waals surface area contributed by atoms with Crippen molar-refractivity contribution in [3.63, 3.8) is 0 Å². The maximum absolute atomic E-state index is 15.1. The predicted molar refractivity (Wildman–Crippen MR) is 157 cm³/mol. The number of ether oxygens (including phenoxy) is 1. The van der Waals surface area contributed by atoms with Crippen LogP contribution < -0.4 is 4.74 Å². The van der Waals surface area contributed by atoms with Crippen molar-refractivity contribution in [3.8, 4) is 23.2 Å². The average Bonchev–Trinajstić information content (AvgIpc) is 3.43. The van der Waals surface area contributed by atoms with Crippen LogP contribution in [0.15, 0.2) is 66.7 Å². The van der Waals surface area contributed by atoms with Crippen LogP contribution in [0.25, 0.3) is 22.3 Å². The zero-order valence-electron chi connectivity index (χ0n) is 24.1. The predicted octanol–water partition coefficient (Wildman–Crippen LogP) is 7.29. The number of aliphatic hydroxyl groups excluding tert-OH is 1. The van der Waals surface area contributed by atoms with Crippen molar-refractivity contribution in [2.45, 2.75) is 38.7 Å². The van der Waals surface area contributed by atoms with Crippen LogP contribution in [-0.4, -0.2) is 33.1 Å². The van der Waals surface area contributed by atoms with Crippen molar-refractivity contribution in [1.82, 2.24) is 15.0 Å². The molecule has 12 heteroatoms. The van der Waals surface area contributed by atoms with E-state index in [2.05, 4.69) is 19.9 Å². The maximum atomic E-state index is 15.1. The van der Waals surface area contributed by atoms with E-state index in [1.165, 1.54) is 68.1 Å². The Bertz CT molecular complexity index is 1830. The summed E-state index contributed by atoms with van der Waals surface area (Å²) in [6, 6.07) is 16.5. The molecule has 2 N–H and O–H groups in total. The number of hydrogen-bond donors (Lipinski definition) is 2. The highest BCUT2D eigenvalue weighted by Crippen LogP contribution is 2.27. The molecule has 0 radical (unpaired) electrons. The fourth-order valence-electron chi connectivity index (χ4n) is 4.20. The molecule has 0 saturated heterocycles. The van der Waals surface area contributed by atoms with Gasteiger partial charge in [-0.2, -0.15) is 5.26 Å². The van der Waals surface area contributed by atoms with Gasteiger partial charge in [-0.25, -0.2) is 32.9 Å². The Kier molecular flexibility index (Phi) is 11.2. The molecule has 0 unspecified atom stereocenters. The highest BCUT2D eigenvalue weighted by molar-refractivity contribution is 5.93. The van der Waals surface area contributed by atoms with Gasteiger partial charge < -0.3 is 14.8 Å².